The van der Waals surface area contributed by atoms with Crippen LogP contribution in [0.3, 0.4) is 0 Å². The van der Waals surface area contributed by atoms with Crippen LogP contribution in [0.25, 0.3) is 6.08 Å². The number of rotatable bonds is 6. The quantitative estimate of drug-likeness (QED) is 0.494. The third-order valence-electron chi connectivity index (χ3n) is 3.48. The molecule has 0 bridgehead atoms. The van der Waals surface area contributed by atoms with Crippen LogP contribution in [0.15, 0.2) is 85.1 Å². The minimum Gasteiger partial charge on any atom is -0.487 e. The molecule has 3 heteroatoms. The van der Waals surface area contributed by atoms with Crippen LogP contribution in [0.2, 0.25) is 0 Å². The molecule has 24 heavy (non-hydrogen) atoms. The third-order valence-corrected chi connectivity index (χ3v) is 3.48. The fraction of sp³-hybridized carbons (Fsp3) is 0.0476. The van der Waals surface area contributed by atoms with Gasteiger partial charge in [0.15, 0.2) is 5.78 Å². The van der Waals surface area contributed by atoms with E-state index in [0.717, 1.165) is 17.0 Å². The highest BCUT2D eigenvalue weighted by atomic mass is 16.5. The van der Waals surface area contributed by atoms with Crippen molar-refractivity contribution in [3.05, 3.63) is 102 Å². The van der Waals surface area contributed by atoms with Crippen molar-refractivity contribution in [3.63, 3.8) is 0 Å². The SMILES string of the molecule is O=C(C=Cc1ccc(OCc2ccccn2)cc1)c1ccccc1. The van der Waals surface area contributed by atoms with E-state index in [1.54, 1.807) is 30.5 Å². The van der Waals surface area contributed by atoms with Gasteiger partial charge in [-0.25, -0.2) is 0 Å². The first-order chi connectivity index (χ1) is 11.8. The lowest BCUT2D eigenvalue weighted by atomic mass is 10.1. The molecule has 0 aliphatic heterocycles. The zero-order chi connectivity index (χ0) is 16.6. The number of hydrogen-bond acceptors (Lipinski definition) is 3. The normalized spacial score (nSPS) is 10.7. The molecule has 2 aromatic carbocycles. The summed E-state index contributed by atoms with van der Waals surface area (Å²) in [4.78, 5) is 16.2. The Hall–Kier alpha value is -3.20. The largest absolute Gasteiger partial charge is 0.487 e. The molecule has 3 aromatic rings. The standard InChI is InChI=1S/C21H17NO2/c23-21(18-6-2-1-3-7-18)14-11-17-9-12-20(13-10-17)24-16-19-8-4-5-15-22-19/h1-15H,16H2. The lowest BCUT2D eigenvalue weighted by Crippen LogP contribution is -1.97. The molecular formula is C21H17NO2. The average molecular weight is 315 g/mol. The monoisotopic (exact) mass is 315 g/mol. The van der Waals surface area contributed by atoms with E-state index < -0.39 is 0 Å². The molecule has 0 fully saturated rings. The Morgan fingerprint density at radius 1 is 0.917 bits per heavy atom. The van der Waals surface area contributed by atoms with Crippen LogP contribution in [0, 0.1) is 0 Å². The topological polar surface area (TPSA) is 39.2 Å². The molecule has 0 aliphatic carbocycles. The van der Waals surface area contributed by atoms with E-state index >= 15 is 0 Å². The van der Waals surface area contributed by atoms with Crippen molar-refractivity contribution in [2.24, 2.45) is 0 Å². The molecule has 1 heterocycles. The smallest absolute Gasteiger partial charge is 0.185 e. The molecule has 3 rings (SSSR count). The van der Waals surface area contributed by atoms with Crippen LogP contribution in [-0.2, 0) is 6.61 Å². The van der Waals surface area contributed by atoms with Gasteiger partial charge < -0.3 is 4.74 Å². The second kappa shape index (κ2) is 7.88. The zero-order valence-electron chi connectivity index (χ0n) is 13.1. The molecule has 0 saturated carbocycles. The van der Waals surface area contributed by atoms with Gasteiger partial charge in [-0.05, 0) is 35.9 Å². The summed E-state index contributed by atoms with van der Waals surface area (Å²) in [5.41, 5.74) is 2.52. The summed E-state index contributed by atoms with van der Waals surface area (Å²) in [6.45, 7) is 0.433. The van der Waals surface area contributed by atoms with E-state index in [0.29, 0.717) is 12.2 Å². The molecular weight excluding hydrogens is 298 g/mol. The molecule has 3 nitrogen and oxygen atoms in total. The van der Waals surface area contributed by atoms with E-state index in [1.165, 1.54) is 0 Å². The lowest BCUT2D eigenvalue weighted by molar-refractivity contribution is 0.104. The fourth-order valence-corrected chi connectivity index (χ4v) is 2.19. The van der Waals surface area contributed by atoms with Crippen molar-refractivity contribution in [1.82, 2.24) is 4.98 Å². The van der Waals surface area contributed by atoms with E-state index in [9.17, 15) is 4.79 Å². The van der Waals surface area contributed by atoms with Crippen molar-refractivity contribution in [1.29, 1.82) is 0 Å². The average Bonchev–Trinajstić information content (AvgIpc) is 2.67. The number of aromatic nitrogens is 1. The van der Waals surface area contributed by atoms with Crippen LogP contribution in [-0.4, -0.2) is 10.8 Å². The van der Waals surface area contributed by atoms with Crippen molar-refractivity contribution >= 4 is 11.9 Å². The molecule has 0 radical (unpaired) electrons. The first-order valence-electron chi connectivity index (χ1n) is 7.71. The van der Waals surface area contributed by atoms with Gasteiger partial charge >= 0.3 is 0 Å². The molecule has 0 unspecified atom stereocenters. The van der Waals surface area contributed by atoms with E-state index in [4.69, 9.17) is 4.74 Å². The van der Waals surface area contributed by atoms with E-state index in [2.05, 4.69) is 4.98 Å². The molecule has 0 N–H and O–H groups in total. The summed E-state index contributed by atoms with van der Waals surface area (Å²) in [6, 6.07) is 22.6. The van der Waals surface area contributed by atoms with Gasteiger partial charge in [0.1, 0.15) is 12.4 Å². The second-order valence-corrected chi connectivity index (χ2v) is 5.24. The number of ketones is 1. The highest BCUT2D eigenvalue weighted by molar-refractivity contribution is 6.06. The van der Waals surface area contributed by atoms with Crippen LogP contribution in [0.1, 0.15) is 21.6 Å². The molecule has 0 atom stereocenters. The predicted octanol–water partition coefficient (Wildman–Crippen LogP) is 4.56. The van der Waals surface area contributed by atoms with Gasteiger partial charge in [0.2, 0.25) is 0 Å². The Morgan fingerprint density at radius 3 is 2.38 bits per heavy atom. The van der Waals surface area contributed by atoms with Crippen molar-refractivity contribution in [3.8, 4) is 5.75 Å². The van der Waals surface area contributed by atoms with E-state index in [1.807, 2.05) is 60.7 Å². The number of hydrogen-bond donors (Lipinski definition) is 0. The number of ether oxygens (including phenoxy) is 1. The fourth-order valence-electron chi connectivity index (χ4n) is 2.19. The maximum absolute atomic E-state index is 12.0. The van der Waals surface area contributed by atoms with Crippen LogP contribution in [0.4, 0.5) is 0 Å². The highest BCUT2D eigenvalue weighted by Crippen LogP contribution is 2.15. The van der Waals surface area contributed by atoms with Crippen LogP contribution in [0.5, 0.6) is 5.75 Å². The number of carbonyl (C=O) groups is 1. The maximum atomic E-state index is 12.0. The number of pyridine rings is 1. The minimum atomic E-state index is -0.00826. The van der Waals surface area contributed by atoms with E-state index in [-0.39, 0.29) is 5.78 Å². The Labute approximate surface area is 141 Å². The van der Waals surface area contributed by atoms with Crippen molar-refractivity contribution in [2.75, 3.05) is 0 Å². The summed E-state index contributed by atoms with van der Waals surface area (Å²) >= 11 is 0. The number of carbonyl (C=O) groups excluding carboxylic acids is 1. The molecule has 0 saturated heterocycles. The minimum absolute atomic E-state index is 0.00826. The lowest BCUT2D eigenvalue weighted by Gasteiger charge is -2.05. The van der Waals surface area contributed by atoms with Crippen LogP contribution < -0.4 is 4.74 Å². The van der Waals surface area contributed by atoms with Gasteiger partial charge in [-0.1, -0.05) is 54.6 Å². The molecule has 1 aromatic heterocycles. The van der Waals surface area contributed by atoms with Gasteiger partial charge in [-0.2, -0.15) is 0 Å². The van der Waals surface area contributed by atoms with Gasteiger partial charge in [0, 0.05) is 11.8 Å². The Balaban J connectivity index is 1.58. The molecule has 0 aliphatic rings. The summed E-state index contributed by atoms with van der Waals surface area (Å²) < 4.78 is 5.69. The second-order valence-electron chi connectivity index (χ2n) is 5.24. The third kappa shape index (κ3) is 4.40. The number of nitrogens with zero attached hydrogens (tertiary/aromatic N) is 1. The van der Waals surface area contributed by atoms with Crippen molar-refractivity contribution < 1.29 is 9.53 Å². The first kappa shape index (κ1) is 15.7. The number of allylic oxidation sites excluding steroid dienone is 1. The zero-order valence-corrected chi connectivity index (χ0v) is 13.1. The van der Waals surface area contributed by atoms with Gasteiger partial charge in [0.05, 0.1) is 5.69 Å². The molecule has 0 amide bonds. The highest BCUT2D eigenvalue weighted by Gasteiger charge is 2.00. The first-order valence-corrected chi connectivity index (χ1v) is 7.71. The maximum Gasteiger partial charge on any atom is 0.185 e. The summed E-state index contributed by atoms with van der Waals surface area (Å²) in [7, 11) is 0. The Morgan fingerprint density at radius 2 is 1.67 bits per heavy atom. The Kier molecular flexibility index (Phi) is 5.15. The van der Waals surface area contributed by atoms with Crippen LogP contribution >= 0.6 is 0 Å². The predicted molar refractivity (Wildman–Crippen MR) is 94.8 cm³/mol. The molecule has 0 spiro atoms. The molecule has 118 valence electrons. The Bertz CT molecular complexity index is 809. The summed E-state index contributed by atoms with van der Waals surface area (Å²) in [5.74, 6) is 0.762. The van der Waals surface area contributed by atoms with Gasteiger partial charge in [0.25, 0.3) is 0 Å². The number of benzene rings is 2. The van der Waals surface area contributed by atoms with Gasteiger partial charge in [-0.15, -0.1) is 0 Å². The van der Waals surface area contributed by atoms with Gasteiger partial charge in [-0.3, -0.25) is 9.78 Å². The summed E-state index contributed by atoms with van der Waals surface area (Å²) in [6.07, 6.45) is 5.13. The summed E-state index contributed by atoms with van der Waals surface area (Å²) in [5, 5.41) is 0. The van der Waals surface area contributed by atoms with Crippen molar-refractivity contribution in [2.45, 2.75) is 6.61 Å².